The maximum atomic E-state index is 14.2. The standard InChI is InChI=1S/C37H32F9N7O4/c1-19(2)57-34(56)53-28-10-9-22(35(38,39)40)16-27(28)30(17-29(53)21-7-8-21)51(18-20-13-23(36(41,42)43)15-24(14-20)37(44,45)46)33-47-49-52(48-33)12-11-50-31(54)25-5-3-4-6-26(25)32(50)55/h3-6,9-10,13-16,19,21,29-30H,7-8,11-12,17-18H2,1-2H3/t29-,30-/m0/s1. The van der Waals surface area contributed by atoms with E-state index in [1.165, 1.54) is 17.0 Å². The molecule has 1 aliphatic carbocycles. The van der Waals surface area contributed by atoms with Gasteiger partial charge in [0.1, 0.15) is 0 Å². The van der Waals surface area contributed by atoms with E-state index < -0.39 is 89.4 Å². The smallest absolute Gasteiger partial charge is 0.416 e. The van der Waals surface area contributed by atoms with E-state index in [1.807, 2.05) is 0 Å². The van der Waals surface area contributed by atoms with E-state index in [2.05, 4.69) is 15.4 Å². The Balaban J connectivity index is 1.33. The Kier molecular flexibility index (Phi) is 9.96. The molecule has 7 rings (SSSR count). The third-order valence-electron chi connectivity index (χ3n) is 9.95. The predicted molar refractivity (Wildman–Crippen MR) is 182 cm³/mol. The molecule has 302 valence electrons. The lowest BCUT2D eigenvalue weighted by atomic mass is 9.86. The number of anilines is 2. The molecule has 0 spiro atoms. The van der Waals surface area contributed by atoms with Crippen LogP contribution in [0.15, 0.2) is 60.7 Å². The number of nitrogens with zero attached hydrogens (tertiary/aromatic N) is 7. The van der Waals surface area contributed by atoms with Gasteiger partial charge in [0.15, 0.2) is 0 Å². The van der Waals surface area contributed by atoms with Crippen molar-refractivity contribution < 1.29 is 58.6 Å². The maximum Gasteiger partial charge on any atom is 0.416 e. The molecule has 3 aromatic carbocycles. The Morgan fingerprint density at radius 2 is 1.42 bits per heavy atom. The second-order valence-corrected chi connectivity index (χ2v) is 14.3. The molecular formula is C37H32F9N7O4. The number of halogens is 9. The van der Waals surface area contributed by atoms with E-state index in [4.69, 9.17) is 4.74 Å². The molecule has 0 bridgehead atoms. The number of ether oxygens (including phenoxy) is 1. The largest absolute Gasteiger partial charge is 0.446 e. The number of tetrazole rings is 1. The fraction of sp³-hybridized carbons (Fsp3) is 0.405. The van der Waals surface area contributed by atoms with Crippen LogP contribution in [0.3, 0.4) is 0 Å². The highest BCUT2D eigenvalue weighted by molar-refractivity contribution is 6.21. The number of carbonyl (C=O) groups excluding carboxylic acids is 3. The average Bonchev–Trinajstić information content (AvgIpc) is 3.83. The van der Waals surface area contributed by atoms with E-state index in [1.54, 1.807) is 26.0 Å². The fourth-order valence-electron chi connectivity index (χ4n) is 7.23. The number of hydrogen-bond acceptors (Lipinski definition) is 8. The van der Waals surface area contributed by atoms with Gasteiger partial charge in [-0.25, -0.2) is 4.79 Å². The van der Waals surface area contributed by atoms with Gasteiger partial charge in [-0.1, -0.05) is 17.2 Å². The lowest BCUT2D eigenvalue weighted by Crippen LogP contribution is -2.49. The summed E-state index contributed by atoms with van der Waals surface area (Å²) in [7, 11) is 0. The van der Waals surface area contributed by atoms with Gasteiger partial charge in [0, 0.05) is 12.6 Å². The molecule has 0 saturated heterocycles. The van der Waals surface area contributed by atoms with Crippen molar-refractivity contribution in [2.45, 2.75) is 82.9 Å². The Morgan fingerprint density at radius 3 is 1.96 bits per heavy atom. The first-order chi connectivity index (χ1) is 26.7. The number of carbonyl (C=O) groups is 3. The zero-order valence-corrected chi connectivity index (χ0v) is 30.0. The van der Waals surface area contributed by atoms with Crippen LogP contribution in [0.25, 0.3) is 0 Å². The molecule has 3 heterocycles. The minimum Gasteiger partial charge on any atom is -0.446 e. The van der Waals surface area contributed by atoms with Crippen LogP contribution in [0.4, 0.5) is 55.9 Å². The van der Waals surface area contributed by atoms with Crippen LogP contribution in [-0.4, -0.2) is 61.7 Å². The predicted octanol–water partition coefficient (Wildman–Crippen LogP) is 8.31. The summed E-state index contributed by atoms with van der Waals surface area (Å²) < 4.78 is 132. The summed E-state index contributed by atoms with van der Waals surface area (Å²) in [5.41, 5.74) is -4.71. The van der Waals surface area contributed by atoms with Crippen molar-refractivity contribution in [3.8, 4) is 0 Å². The van der Waals surface area contributed by atoms with E-state index in [0.717, 1.165) is 32.8 Å². The molecule has 57 heavy (non-hydrogen) atoms. The first-order valence-electron chi connectivity index (χ1n) is 17.7. The minimum atomic E-state index is -5.21. The number of amides is 3. The molecule has 1 saturated carbocycles. The van der Waals surface area contributed by atoms with Gasteiger partial charge in [-0.2, -0.15) is 44.3 Å². The summed E-state index contributed by atoms with van der Waals surface area (Å²) in [6.45, 7) is 1.86. The van der Waals surface area contributed by atoms with Gasteiger partial charge in [-0.3, -0.25) is 19.4 Å². The summed E-state index contributed by atoms with van der Waals surface area (Å²) in [5.74, 6) is -1.75. The van der Waals surface area contributed by atoms with Crippen molar-refractivity contribution >= 4 is 29.5 Å². The molecule has 0 N–H and O–H groups in total. The topological polar surface area (TPSA) is 114 Å². The fourth-order valence-corrected chi connectivity index (χ4v) is 7.23. The molecular weight excluding hydrogens is 777 g/mol. The summed E-state index contributed by atoms with van der Waals surface area (Å²) in [6, 6.07) is 7.68. The van der Waals surface area contributed by atoms with Crippen LogP contribution in [0.5, 0.6) is 0 Å². The first-order valence-corrected chi connectivity index (χ1v) is 17.7. The molecule has 2 atom stereocenters. The molecule has 4 aromatic rings. The number of benzene rings is 3. The third kappa shape index (κ3) is 7.98. The van der Waals surface area contributed by atoms with E-state index >= 15 is 0 Å². The minimum absolute atomic E-state index is 0.00941. The van der Waals surface area contributed by atoms with Gasteiger partial charge in [0.05, 0.1) is 58.7 Å². The molecule has 3 amide bonds. The van der Waals surface area contributed by atoms with Crippen molar-refractivity contribution in [1.29, 1.82) is 0 Å². The summed E-state index contributed by atoms with van der Waals surface area (Å²) in [5, 5.41) is 12.3. The van der Waals surface area contributed by atoms with Gasteiger partial charge in [-0.05, 0) is 104 Å². The van der Waals surface area contributed by atoms with E-state index in [9.17, 15) is 53.9 Å². The lowest BCUT2D eigenvalue weighted by molar-refractivity contribution is -0.143. The zero-order chi connectivity index (χ0) is 41.2. The second kappa shape index (κ2) is 14.4. The van der Waals surface area contributed by atoms with Crippen molar-refractivity contribution in [3.05, 3.63) is 99.6 Å². The Hall–Kier alpha value is -5.69. The number of fused-ring (bicyclic) bond motifs is 2. The Bertz CT molecular complexity index is 2150. The van der Waals surface area contributed by atoms with E-state index in [-0.39, 0.29) is 53.9 Å². The molecule has 1 aromatic heterocycles. The van der Waals surface area contributed by atoms with E-state index in [0.29, 0.717) is 25.0 Å². The Morgan fingerprint density at radius 1 is 0.825 bits per heavy atom. The van der Waals surface area contributed by atoms with Crippen molar-refractivity contribution in [1.82, 2.24) is 25.1 Å². The van der Waals surface area contributed by atoms with Crippen molar-refractivity contribution in [2.24, 2.45) is 5.92 Å². The number of aromatic nitrogens is 4. The molecule has 1 fully saturated rings. The monoisotopic (exact) mass is 809 g/mol. The van der Waals surface area contributed by atoms with Crippen LogP contribution in [-0.2, 0) is 36.4 Å². The number of rotatable bonds is 9. The van der Waals surface area contributed by atoms with Crippen LogP contribution in [0, 0.1) is 5.92 Å². The van der Waals surface area contributed by atoms with Crippen molar-refractivity contribution in [2.75, 3.05) is 16.3 Å². The SMILES string of the molecule is CC(C)OC(=O)N1c2ccc(C(F)(F)F)cc2[C@@H](N(Cc2cc(C(F)(F)F)cc(C(F)(F)F)c2)c2nnn(CCN3C(=O)c4ccccc4C3=O)n2)C[C@H]1C1CC1. The van der Waals surface area contributed by atoms with Crippen LogP contribution in [0.2, 0.25) is 0 Å². The molecule has 0 radical (unpaired) electrons. The Labute approximate surface area is 318 Å². The zero-order valence-electron chi connectivity index (χ0n) is 30.0. The summed E-state index contributed by atoms with van der Waals surface area (Å²) >= 11 is 0. The number of alkyl halides is 9. The number of imide groups is 1. The molecule has 11 nitrogen and oxygen atoms in total. The maximum absolute atomic E-state index is 14.2. The normalized spacial score (nSPS) is 18.6. The molecule has 2 aliphatic heterocycles. The van der Waals surface area contributed by atoms with Gasteiger partial charge >= 0.3 is 24.6 Å². The van der Waals surface area contributed by atoms with Crippen LogP contribution >= 0.6 is 0 Å². The lowest BCUT2D eigenvalue weighted by Gasteiger charge is -2.44. The van der Waals surface area contributed by atoms with Gasteiger partial charge in [-0.15, -0.1) is 5.10 Å². The van der Waals surface area contributed by atoms with Crippen LogP contribution < -0.4 is 9.80 Å². The highest BCUT2D eigenvalue weighted by Gasteiger charge is 2.48. The van der Waals surface area contributed by atoms with Crippen LogP contribution in [0.1, 0.15) is 87.7 Å². The van der Waals surface area contributed by atoms with Gasteiger partial charge in [0.2, 0.25) is 0 Å². The third-order valence-corrected chi connectivity index (χ3v) is 9.95. The molecule has 3 aliphatic rings. The molecule has 0 unspecified atom stereocenters. The van der Waals surface area contributed by atoms with Gasteiger partial charge in [0.25, 0.3) is 17.8 Å². The molecule has 20 heteroatoms. The average molecular weight is 810 g/mol. The highest BCUT2D eigenvalue weighted by Crippen LogP contribution is 2.50. The quantitative estimate of drug-likeness (QED) is 0.123. The second-order valence-electron chi connectivity index (χ2n) is 14.3. The first kappa shape index (κ1) is 39.5. The van der Waals surface area contributed by atoms with Gasteiger partial charge < -0.3 is 9.64 Å². The summed E-state index contributed by atoms with van der Waals surface area (Å²) in [4.78, 5) is 43.7. The number of hydrogen-bond donors (Lipinski definition) is 0. The van der Waals surface area contributed by atoms with Crippen molar-refractivity contribution in [3.63, 3.8) is 0 Å². The summed E-state index contributed by atoms with van der Waals surface area (Å²) in [6.07, 6.45) is -15.7. The highest BCUT2D eigenvalue weighted by atomic mass is 19.4.